The van der Waals surface area contributed by atoms with Gasteiger partial charge in [-0.1, -0.05) is 0 Å². The van der Waals surface area contributed by atoms with Crippen LogP contribution < -0.4 is 15.1 Å². The molecule has 1 saturated heterocycles. The number of hydrogen-bond donors (Lipinski definition) is 1. The van der Waals surface area contributed by atoms with E-state index in [1.54, 1.807) is 31.2 Å². The van der Waals surface area contributed by atoms with Crippen molar-refractivity contribution < 1.29 is 28.7 Å². The summed E-state index contributed by atoms with van der Waals surface area (Å²) in [5.74, 6) is -2.00. The van der Waals surface area contributed by atoms with Gasteiger partial charge in [-0.3, -0.25) is 19.8 Å². The fourth-order valence-corrected chi connectivity index (χ4v) is 3.03. The van der Waals surface area contributed by atoms with Crippen LogP contribution in [0.15, 0.2) is 35.5 Å². The highest BCUT2D eigenvalue weighted by Gasteiger charge is 2.55. The highest BCUT2D eigenvalue weighted by Crippen LogP contribution is 2.35. The minimum Gasteiger partial charge on any atom is -0.494 e. The molecule has 1 aromatic carbocycles. The highest BCUT2D eigenvalue weighted by atomic mass is 16.5. The van der Waals surface area contributed by atoms with Gasteiger partial charge >= 0.3 is 5.97 Å². The number of nitrogens with zero attached hydrogens (tertiary/aromatic N) is 2. The maximum atomic E-state index is 12.9. The van der Waals surface area contributed by atoms with E-state index in [0.29, 0.717) is 18.0 Å². The number of hydrazine groups is 1. The summed E-state index contributed by atoms with van der Waals surface area (Å²) >= 11 is 0. The zero-order valence-electron chi connectivity index (χ0n) is 15.1. The number of amides is 3. The number of nitrogens with one attached hydrogen (secondary N) is 1. The van der Waals surface area contributed by atoms with Gasteiger partial charge in [0.1, 0.15) is 5.75 Å². The second kappa shape index (κ2) is 7.10. The Morgan fingerprint density at radius 3 is 2.33 bits per heavy atom. The molecule has 1 aromatic rings. The maximum absolute atomic E-state index is 12.9. The van der Waals surface area contributed by atoms with Crippen LogP contribution in [-0.4, -0.2) is 48.0 Å². The number of esters is 1. The Kier molecular flexibility index (Phi) is 4.85. The summed E-state index contributed by atoms with van der Waals surface area (Å²) in [6.07, 6.45) is 0. The number of fused-ring (bicyclic) bond motifs is 1. The molecular formula is C18H19N3O6. The largest absolute Gasteiger partial charge is 0.494 e. The van der Waals surface area contributed by atoms with Gasteiger partial charge in [0, 0.05) is 6.92 Å². The van der Waals surface area contributed by atoms with Gasteiger partial charge < -0.3 is 9.47 Å². The van der Waals surface area contributed by atoms with Crippen LogP contribution in [0, 0.1) is 0 Å². The molecule has 2 aliphatic rings. The van der Waals surface area contributed by atoms with Crippen molar-refractivity contribution in [3.8, 4) is 5.75 Å². The summed E-state index contributed by atoms with van der Waals surface area (Å²) in [5, 5.41) is 0.969. The fraction of sp³-hybridized carbons (Fsp3) is 0.333. The van der Waals surface area contributed by atoms with Gasteiger partial charge in [-0.2, -0.15) is 0 Å². The van der Waals surface area contributed by atoms with Gasteiger partial charge in [0.25, 0.3) is 11.8 Å². The molecule has 0 unspecified atom stereocenters. The number of benzene rings is 1. The van der Waals surface area contributed by atoms with E-state index in [9.17, 15) is 19.2 Å². The first-order valence-corrected chi connectivity index (χ1v) is 8.49. The zero-order chi connectivity index (χ0) is 19.7. The molecule has 0 aromatic heterocycles. The molecule has 0 radical (unpaired) electrons. The van der Waals surface area contributed by atoms with Crippen molar-refractivity contribution in [2.45, 2.75) is 26.8 Å². The Labute approximate surface area is 155 Å². The Bertz CT molecular complexity index is 845. The molecule has 142 valence electrons. The molecule has 1 fully saturated rings. The lowest BCUT2D eigenvalue weighted by Crippen LogP contribution is -2.48. The molecule has 0 spiro atoms. The van der Waals surface area contributed by atoms with Crippen LogP contribution in [0.25, 0.3) is 0 Å². The van der Waals surface area contributed by atoms with Crippen molar-refractivity contribution in [2.75, 3.05) is 18.1 Å². The molecule has 0 aliphatic carbocycles. The van der Waals surface area contributed by atoms with Gasteiger partial charge in [-0.15, -0.1) is 0 Å². The topological polar surface area (TPSA) is 105 Å². The predicted octanol–water partition coefficient (Wildman–Crippen LogP) is 0.511. The van der Waals surface area contributed by atoms with Crippen LogP contribution in [0.3, 0.4) is 0 Å². The lowest BCUT2D eigenvalue weighted by atomic mass is 10.1. The van der Waals surface area contributed by atoms with Crippen molar-refractivity contribution in [3.05, 3.63) is 35.5 Å². The standard InChI is InChI=1S/C18H19N3O6/c1-4-26-12-8-6-11(7-9-12)20-16(23)13-14(18(25)27-5-2)19-21(10(3)22)15(13)17(20)24/h6-9,15,19H,4-5H2,1-3H3/t15-/m1/s1. The van der Waals surface area contributed by atoms with Crippen LogP contribution in [0.5, 0.6) is 5.75 Å². The van der Waals surface area contributed by atoms with E-state index < -0.39 is 29.7 Å². The molecule has 9 heteroatoms. The first-order valence-electron chi connectivity index (χ1n) is 8.49. The van der Waals surface area contributed by atoms with Crippen molar-refractivity contribution in [1.82, 2.24) is 10.4 Å². The molecule has 3 rings (SSSR count). The van der Waals surface area contributed by atoms with Crippen LogP contribution in [0.4, 0.5) is 5.69 Å². The predicted molar refractivity (Wildman–Crippen MR) is 93.2 cm³/mol. The average molecular weight is 373 g/mol. The summed E-state index contributed by atoms with van der Waals surface area (Å²) in [7, 11) is 0. The van der Waals surface area contributed by atoms with Crippen molar-refractivity contribution >= 4 is 29.4 Å². The summed E-state index contributed by atoms with van der Waals surface area (Å²) in [6, 6.07) is 5.20. The second-order valence-corrected chi connectivity index (χ2v) is 5.82. The lowest BCUT2D eigenvalue weighted by Gasteiger charge is -2.23. The van der Waals surface area contributed by atoms with Crippen LogP contribution in [0.2, 0.25) is 0 Å². The zero-order valence-corrected chi connectivity index (χ0v) is 15.1. The highest BCUT2D eigenvalue weighted by molar-refractivity contribution is 6.33. The number of rotatable bonds is 5. The van der Waals surface area contributed by atoms with Crippen molar-refractivity contribution in [3.63, 3.8) is 0 Å². The Morgan fingerprint density at radius 1 is 1.11 bits per heavy atom. The van der Waals surface area contributed by atoms with E-state index in [4.69, 9.17) is 9.47 Å². The molecule has 0 bridgehead atoms. The SMILES string of the molecule is CCOC(=O)C1=C2C(=O)N(c3ccc(OCC)cc3)C(=O)[C@@H]2N(C(C)=O)N1. The van der Waals surface area contributed by atoms with E-state index in [1.807, 2.05) is 6.92 Å². The van der Waals surface area contributed by atoms with Crippen molar-refractivity contribution in [1.29, 1.82) is 0 Å². The van der Waals surface area contributed by atoms with E-state index in [0.717, 1.165) is 9.91 Å². The number of imide groups is 1. The lowest BCUT2D eigenvalue weighted by molar-refractivity contribution is -0.141. The summed E-state index contributed by atoms with van der Waals surface area (Å²) in [4.78, 5) is 50.9. The molecule has 27 heavy (non-hydrogen) atoms. The van der Waals surface area contributed by atoms with Gasteiger partial charge in [0.15, 0.2) is 11.7 Å². The molecule has 1 N–H and O–H groups in total. The molecule has 0 saturated carbocycles. The summed E-state index contributed by atoms with van der Waals surface area (Å²) in [5.41, 5.74) is 2.57. The number of carbonyl (C=O) groups is 4. The monoisotopic (exact) mass is 373 g/mol. The van der Waals surface area contributed by atoms with Gasteiger partial charge in [-0.05, 0) is 38.1 Å². The van der Waals surface area contributed by atoms with E-state index in [2.05, 4.69) is 5.43 Å². The number of hydrogen-bond acceptors (Lipinski definition) is 7. The molecule has 2 aliphatic heterocycles. The Balaban J connectivity index is 2.01. The van der Waals surface area contributed by atoms with Gasteiger partial charge in [-0.25, -0.2) is 14.7 Å². The Hall–Kier alpha value is -3.36. The van der Waals surface area contributed by atoms with Crippen LogP contribution in [0.1, 0.15) is 20.8 Å². The number of anilines is 1. The number of carbonyl (C=O) groups excluding carboxylic acids is 4. The van der Waals surface area contributed by atoms with Gasteiger partial charge in [0.05, 0.1) is 24.5 Å². The third-order valence-electron chi connectivity index (χ3n) is 4.15. The minimum absolute atomic E-state index is 0.0901. The first-order chi connectivity index (χ1) is 12.9. The maximum Gasteiger partial charge on any atom is 0.356 e. The molecule has 2 heterocycles. The van der Waals surface area contributed by atoms with Gasteiger partial charge in [0.2, 0.25) is 5.91 Å². The van der Waals surface area contributed by atoms with Crippen LogP contribution in [-0.2, 0) is 23.9 Å². The number of ether oxygens (including phenoxy) is 2. The second-order valence-electron chi connectivity index (χ2n) is 5.82. The minimum atomic E-state index is -1.21. The average Bonchev–Trinajstić information content (AvgIpc) is 3.14. The molecular weight excluding hydrogens is 354 g/mol. The Morgan fingerprint density at radius 2 is 1.78 bits per heavy atom. The van der Waals surface area contributed by atoms with E-state index >= 15 is 0 Å². The van der Waals surface area contributed by atoms with E-state index in [1.165, 1.54) is 6.92 Å². The fourth-order valence-electron chi connectivity index (χ4n) is 3.03. The van der Waals surface area contributed by atoms with E-state index in [-0.39, 0.29) is 17.9 Å². The smallest absolute Gasteiger partial charge is 0.356 e. The first kappa shape index (κ1) is 18.4. The third kappa shape index (κ3) is 3.01. The quantitative estimate of drug-likeness (QED) is 0.592. The third-order valence-corrected chi connectivity index (χ3v) is 4.15. The normalized spacial score (nSPS) is 18.6. The molecule has 1 atom stereocenters. The summed E-state index contributed by atoms with van der Waals surface area (Å²) < 4.78 is 10.3. The van der Waals surface area contributed by atoms with Crippen molar-refractivity contribution in [2.24, 2.45) is 0 Å². The molecule has 9 nitrogen and oxygen atoms in total. The molecule has 3 amide bonds. The summed E-state index contributed by atoms with van der Waals surface area (Å²) in [6.45, 7) is 5.27. The van der Waals surface area contributed by atoms with Crippen LogP contribution >= 0.6 is 0 Å².